The first kappa shape index (κ1) is 16.1. The van der Waals surface area contributed by atoms with Crippen LogP contribution < -0.4 is 0 Å². The molecule has 0 aliphatic rings. The van der Waals surface area contributed by atoms with E-state index >= 15 is 0 Å². The second kappa shape index (κ2) is 6.35. The van der Waals surface area contributed by atoms with Crippen molar-refractivity contribution in [3.05, 3.63) is 109 Å². The smallest absolute Gasteiger partial charge is 0.136 e. The Hall–Kier alpha value is -3.84. The molecular weight excluding hydrogens is 352 g/mol. The van der Waals surface area contributed by atoms with Crippen LogP contribution in [0.2, 0.25) is 0 Å². The number of hydrogen-bond acceptors (Lipinski definition) is 1. The molecule has 6 rings (SSSR count). The van der Waals surface area contributed by atoms with Gasteiger partial charge in [0.1, 0.15) is 11.2 Å². The zero-order chi connectivity index (χ0) is 19.2. The Balaban J connectivity index is 1.51. The molecule has 1 heterocycles. The number of benzene rings is 5. The quantitative estimate of drug-likeness (QED) is 0.300. The van der Waals surface area contributed by atoms with E-state index in [0.29, 0.717) is 0 Å². The maximum Gasteiger partial charge on any atom is 0.136 e. The van der Waals surface area contributed by atoms with Gasteiger partial charge in [-0.25, -0.2) is 0 Å². The highest BCUT2D eigenvalue weighted by atomic mass is 16.3. The van der Waals surface area contributed by atoms with Gasteiger partial charge in [0.05, 0.1) is 0 Å². The van der Waals surface area contributed by atoms with E-state index in [1.54, 1.807) is 0 Å². The lowest BCUT2D eigenvalue weighted by Crippen LogP contribution is -1.80. The minimum absolute atomic E-state index is 0.931. The summed E-state index contributed by atoms with van der Waals surface area (Å²) in [7, 11) is 0. The van der Waals surface area contributed by atoms with Crippen molar-refractivity contribution < 1.29 is 4.42 Å². The molecule has 0 radical (unpaired) electrons. The molecule has 0 bridgehead atoms. The van der Waals surface area contributed by atoms with Crippen LogP contribution in [0.3, 0.4) is 0 Å². The summed E-state index contributed by atoms with van der Waals surface area (Å²) in [6.07, 6.45) is 0. The van der Waals surface area contributed by atoms with Gasteiger partial charge in [0.25, 0.3) is 0 Å². The van der Waals surface area contributed by atoms with Crippen molar-refractivity contribution in [2.75, 3.05) is 0 Å². The minimum Gasteiger partial charge on any atom is -0.456 e. The van der Waals surface area contributed by atoms with Crippen LogP contribution in [0.5, 0.6) is 0 Å². The third kappa shape index (κ3) is 2.63. The second-order valence-corrected chi connectivity index (χ2v) is 7.42. The summed E-state index contributed by atoms with van der Waals surface area (Å²) in [5, 5.41) is 4.84. The highest BCUT2D eigenvalue weighted by molar-refractivity contribution is 6.19. The summed E-state index contributed by atoms with van der Waals surface area (Å²) in [5.74, 6) is 0. The average molecular weight is 370 g/mol. The predicted octanol–water partition coefficient (Wildman–Crippen LogP) is 8.07. The normalized spacial score (nSPS) is 11.4. The lowest BCUT2D eigenvalue weighted by Gasteiger charge is -2.05. The Labute approximate surface area is 168 Å². The fourth-order valence-corrected chi connectivity index (χ4v) is 4.21. The fourth-order valence-electron chi connectivity index (χ4n) is 4.21. The molecule has 0 fully saturated rings. The Morgan fingerprint density at radius 1 is 0.414 bits per heavy atom. The average Bonchev–Trinajstić information content (AvgIpc) is 3.18. The summed E-state index contributed by atoms with van der Waals surface area (Å²) >= 11 is 0. The van der Waals surface area contributed by atoms with Gasteiger partial charge in [-0.1, -0.05) is 91.0 Å². The molecule has 0 amide bonds. The zero-order valence-corrected chi connectivity index (χ0v) is 15.8. The number of hydrogen-bond donors (Lipinski definition) is 0. The molecule has 0 aliphatic carbocycles. The van der Waals surface area contributed by atoms with Crippen LogP contribution in [-0.2, 0) is 0 Å². The van der Waals surface area contributed by atoms with Crippen molar-refractivity contribution in [1.29, 1.82) is 0 Å². The molecule has 0 spiro atoms. The SMILES string of the molecule is c1ccc(-c2ccc(-c3ccc4oc5ccc6ccccc6c5c4c3)cc2)cc1. The molecular formula is C28H18O. The molecule has 1 aromatic heterocycles. The molecule has 29 heavy (non-hydrogen) atoms. The topological polar surface area (TPSA) is 13.1 Å². The fraction of sp³-hybridized carbons (Fsp3) is 0. The molecule has 1 nitrogen and oxygen atoms in total. The van der Waals surface area contributed by atoms with Gasteiger partial charge in [-0.05, 0) is 51.2 Å². The summed E-state index contributed by atoms with van der Waals surface area (Å²) in [4.78, 5) is 0. The van der Waals surface area contributed by atoms with Gasteiger partial charge in [0.2, 0.25) is 0 Å². The molecule has 5 aromatic carbocycles. The summed E-state index contributed by atoms with van der Waals surface area (Å²) in [6.45, 7) is 0. The van der Waals surface area contributed by atoms with Crippen LogP contribution >= 0.6 is 0 Å². The third-order valence-electron chi connectivity index (χ3n) is 5.68. The van der Waals surface area contributed by atoms with Crippen molar-refractivity contribution in [3.63, 3.8) is 0 Å². The van der Waals surface area contributed by atoms with Crippen LogP contribution in [0.1, 0.15) is 0 Å². The monoisotopic (exact) mass is 370 g/mol. The molecule has 0 unspecified atom stereocenters. The first-order valence-corrected chi connectivity index (χ1v) is 9.87. The largest absolute Gasteiger partial charge is 0.456 e. The number of rotatable bonds is 2. The van der Waals surface area contributed by atoms with E-state index in [2.05, 4.69) is 103 Å². The molecule has 0 saturated heterocycles. The maximum atomic E-state index is 6.13. The Morgan fingerprint density at radius 2 is 1.03 bits per heavy atom. The van der Waals surface area contributed by atoms with Crippen LogP contribution in [0.25, 0.3) is 55.0 Å². The van der Waals surface area contributed by atoms with Crippen LogP contribution in [0.15, 0.2) is 114 Å². The van der Waals surface area contributed by atoms with E-state index in [1.807, 2.05) is 6.07 Å². The van der Waals surface area contributed by atoms with Gasteiger partial charge in [0, 0.05) is 10.8 Å². The minimum atomic E-state index is 0.931. The molecule has 1 heteroatoms. The molecule has 6 aromatic rings. The molecule has 0 aliphatic heterocycles. The highest BCUT2D eigenvalue weighted by Crippen LogP contribution is 2.37. The van der Waals surface area contributed by atoms with E-state index < -0.39 is 0 Å². The van der Waals surface area contributed by atoms with Gasteiger partial charge < -0.3 is 4.42 Å². The van der Waals surface area contributed by atoms with Crippen LogP contribution in [-0.4, -0.2) is 0 Å². The van der Waals surface area contributed by atoms with Gasteiger partial charge in [0.15, 0.2) is 0 Å². The molecule has 0 saturated carbocycles. The summed E-state index contributed by atoms with van der Waals surface area (Å²) < 4.78 is 6.13. The third-order valence-corrected chi connectivity index (χ3v) is 5.68. The van der Waals surface area contributed by atoms with Gasteiger partial charge in [-0.3, -0.25) is 0 Å². The van der Waals surface area contributed by atoms with E-state index in [1.165, 1.54) is 43.8 Å². The Morgan fingerprint density at radius 3 is 1.86 bits per heavy atom. The first-order chi connectivity index (χ1) is 14.4. The number of fused-ring (bicyclic) bond motifs is 5. The van der Waals surface area contributed by atoms with Crippen LogP contribution in [0, 0.1) is 0 Å². The molecule has 0 N–H and O–H groups in total. The number of furan rings is 1. The Bertz CT molecular complexity index is 1470. The summed E-state index contributed by atoms with van der Waals surface area (Å²) in [6, 6.07) is 38.5. The van der Waals surface area contributed by atoms with Crippen molar-refractivity contribution in [1.82, 2.24) is 0 Å². The van der Waals surface area contributed by atoms with Crippen molar-refractivity contribution in [2.24, 2.45) is 0 Å². The van der Waals surface area contributed by atoms with Crippen LogP contribution in [0.4, 0.5) is 0 Å². The second-order valence-electron chi connectivity index (χ2n) is 7.42. The maximum absolute atomic E-state index is 6.13. The van der Waals surface area contributed by atoms with Gasteiger partial charge in [-0.15, -0.1) is 0 Å². The van der Waals surface area contributed by atoms with E-state index in [4.69, 9.17) is 4.42 Å². The van der Waals surface area contributed by atoms with Crippen molar-refractivity contribution in [3.8, 4) is 22.3 Å². The lowest BCUT2D eigenvalue weighted by molar-refractivity contribution is 0.669. The Kier molecular flexibility index (Phi) is 3.54. The van der Waals surface area contributed by atoms with E-state index in [0.717, 1.165) is 11.2 Å². The zero-order valence-electron chi connectivity index (χ0n) is 15.8. The van der Waals surface area contributed by atoms with Gasteiger partial charge >= 0.3 is 0 Å². The van der Waals surface area contributed by atoms with Gasteiger partial charge in [-0.2, -0.15) is 0 Å². The highest BCUT2D eigenvalue weighted by Gasteiger charge is 2.11. The van der Waals surface area contributed by atoms with E-state index in [9.17, 15) is 0 Å². The molecule has 0 atom stereocenters. The lowest BCUT2D eigenvalue weighted by atomic mass is 9.98. The standard InChI is InChI=1S/C28H18O/c1-2-6-19(7-3-1)20-10-12-21(13-11-20)23-15-16-26-25(18-23)28-24-9-5-4-8-22(24)14-17-27(28)29-26/h1-18H. The van der Waals surface area contributed by atoms with Crippen molar-refractivity contribution >= 4 is 32.7 Å². The van der Waals surface area contributed by atoms with E-state index in [-0.39, 0.29) is 0 Å². The predicted molar refractivity (Wildman–Crippen MR) is 122 cm³/mol. The first-order valence-electron chi connectivity index (χ1n) is 9.87. The summed E-state index contributed by atoms with van der Waals surface area (Å²) in [5.41, 5.74) is 6.75. The molecule has 136 valence electrons. The van der Waals surface area contributed by atoms with Crippen molar-refractivity contribution in [2.45, 2.75) is 0 Å².